The molecule has 0 aliphatic carbocycles. The van der Waals surface area contributed by atoms with Gasteiger partial charge in [0, 0.05) is 78.7 Å². The summed E-state index contributed by atoms with van der Waals surface area (Å²) in [6.45, 7) is 0. The minimum atomic E-state index is 0.584. The lowest BCUT2D eigenvalue weighted by Gasteiger charge is -2.14. The van der Waals surface area contributed by atoms with Crippen LogP contribution in [0.15, 0.2) is 188 Å². The van der Waals surface area contributed by atoms with Gasteiger partial charge in [0.25, 0.3) is 0 Å². The summed E-state index contributed by atoms with van der Waals surface area (Å²) in [4.78, 5) is 16.6. The molecule has 62 heavy (non-hydrogen) atoms. The first kappa shape index (κ1) is 34.0. The van der Waals surface area contributed by atoms with Gasteiger partial charge in [0.05, 0.1) is 22.1 Å². The van der Waals surface area contributed by atoms with E-state index in [9.17, 15) is 0 Å². The van der Waals surface area contributed by atoms with E-state index in [-0.39, 0.29) is 0 Å². The molecule has 7 heteroatoms. The Morgan fingerprint density at radius 1 is 0.323 bits per heavy atom. The molecule has 0 unspecified atom stereocenters. The van der Waals surface area contributed by atoms with Crippen molar-refractivity contribution in [2.24, 2.45) is 0 Å². The summed E-state index contributed by atoms with van der Waals surface area (Å²) in [6.07, 6.45) is 0. The van der Waals surface area contributed by atoms with Crippen LogP contribution in [0.2, 0.25) is 0 Å². The number of benzene rings is 9. The number of hydrogen-bond donors (Lipinski definition) is 0. The van der Waals surface area contributed by atoms with Crippen molar-refractivity contribution in [3.05, 3.63) is 188 Å². The molecular formula is C55H31N5S2. The number of aromatic nitrogens is 5. The molecule has 0 aliphatic rings. The van der Waals surface area contributed by atoms with Gasteiger partial charge in [0.15, 0.2) is 11.6 Å². The van der Waals surface area contributed by atoms with Gasteiger partial charge in [0.2, 0.25) is 5.95 Å². The molecular weight excluding hydrogens is 795 g/mol. The molecule has 0 fully saturated rings. The second-order valence-corrected chi connectivity index (χ2v) is 18.1. The van der Waals surface area contributed by atoms with E-state index in [0.29, 0.717) is 17.6 Å². The van der Waals surface area contributed by atoms with E-state index in [4.69, 9.17) is 15.0 Å². The number of nitrogens with zero attached hydrogens (tertiary/aromatic N) is 5. The Morgan fingerprint density at radius 3 is 1.50 bits per heavy atom. The molecule has 288 valence electrons. The number of para-hydroxylation sites is 3. The lowest BCUT2D eigenvalue weighted by atomic mass is 10.0. The summed E-state index contributed by atoms with van der Waals surface area (Å²) in [5.74, 6) is 1.85. The molecule has 0 saturated heterocycles. The topological polar surface area (TPSA) is 48.5 Å². The summed E-state index contributed by atoms with van der Waals surface area (Å²) >= 11 is 3.62. The quantitative estimate of drug-likeness (QED) is 0.178. The minimum Gasteiger partial charge on any atom is -0.309 e. The zero-order valence-electron chi connectivity index (χ0n) is 33.0. The fourth-order valence-corrected chi connectivity index (χ4v) is 12.2. The Morgan fingerprint density at radius 2 is 0.823 bits per heavy atom. The van der Waals surface area contributed by atoms with E-state index < -0.39 is 0 Å². The van der Waals surface area contributed by atoms with Crippen molar-refractivity contribution in [3.8, 4) is 34.4 Å². The van der Waals surface area contributed by atoms with Crippen LogP contribution in [0.25, 0.3) is 129 Å². The van der Waals surface area contributed by atoms with E-state index in [1.807, 2.05) is 11.3 Å². The average Bonchev–Trinajstić information content (AvgIpc) is 4.08. The summed E-state index contributed by atoms with van der Waals surface area (Å²) < 4.78 is 9.49. The van der Waals surface area contributed by atoms with Gasteiger partial charge in [-0.2, -0.15) is 9.97 Å². The summed E-state index contributed by atoms with van der Waals surface area (Å²) in [7, 11) is 0. The van der Waals surface area contributed by atoms with Gasteiger partial charge in [-0.15, -0.1) is 22.7 Å². The Balaban J connectivity index is 1.13. The first-order chi connectivity index (χ1) is 30.7. The van der Waals surface area contributed by atoms with E-state index >= 15 is 0 Å². The van der Waals surface area contributed by atoms with Crippen molar-refractivity contribution in [2.45, 2.75) is 0 Å². The fourth-order valence-electron chi connectivity index (χ4n) is 9.88. The van der Waals surface area contributed by atoms with Crippen molar-refractivity contribution in [1.29, 1.82) is 0 Å². The highest BCUT2D eigenvalue weighted by Gasteiger charge is 2.23. The molecule has 0 amide bonds. The Bertz CT molecular complexity index is 4130. The monoisotopic (exact) mass is 825 g/mol. The third-order valence-corrected chi connectivity index (χ3v) is 14.8. The van der Waals surface area contributed by atoms with Gasteiger partial charge in [-0.1, -0.05) is 127 Å². The van der Waals surface area contributed by atoms with Gasteiger partial charge in [-0.05, 0) is 71.4 Å². The van der Waals surface area contributed by atoms with Crippen LogP contribution in [0.4, 0.5) is 0 Å². The molecule has 0 radical (unpaired) electrons. The van der Waals surface area contributed by atoms with Crippen LogP contribution in [-0.2, 0) is 0 Å². The maximum absolute atomic E-state index is 5.57. The molecule has 9 aromatic carbocycles. The third-order valence-electron chi connectivity index (χ3n) is 12.5. The number of hydrogen-bond acceptors (Lipinski definition) is 5. The van der Waals surface area contributed by atoms with Crippen LogP contribution in [0, 0.1) is 0 Å². The fraction of sp³-hybridized carbons (Fsp3) is 0. The zero-order chi connectivity index (χ0) is 40.5. The molecule has 0 bridgehead atoms. The molecule has 0 aliphatic heterocycles. The van der Waals surface area contributed by atoms with Crippen molar-refractivity contribution in [3.63, 3.8) is 0 Å². The highest BCUT2D eigenvalue weighted by molar-refractivity contribution is 7.26. The summed E-state index contributed by atoms with van der Waals surface area (Å²) in [5, 5.41) is 11.9. The lowest BCUT2D eigenvalue weighted by molar-refractivity contribution is 0.955. The molecule has 0 atom stereocenters. The van der Waals surface area contributed by atoms with E-state index in [0.717, 1.165) is 60.4 Å². The number of rotatable bonds is 4. The van der Waals surface area contributed by atoms with Gasteiger partial charge < -0.3 is 4.57 Å². The van der Waals surface area contributed by atoms with Crippen molar-refractivity contribution < 1.29 is 0 Å². The second-order valence-electron chi connectivity index (χ2n) is 16.0. The Kier molecular flexibility index (Phi) is 7.08. The van der Waals surface area contributed by atoms with Gasteiger partial charge in [-0.25, -0.2) is 4.98 Å². The van der Waals surface area contributed by atoms with E-state index in [1.165, 1.54) is 51.1 Å². The van der Waals surface area contributed by atoms with Crippen LogP contribution in [0.5, 0.6) is 0 Å². The maximum atomic E-state index is 5.57. The van der Waals surface area contributed by atoms with Crippen LogP contribution in [0.1, 0.15) is 0 Å². The summed E-state index contributed by atoms with van der Waals surface area (Å²) in [5.41, 5.74) is 7.43. The highest BCUT2D eigenvalue weighted by atomic mass is 32.1. The van der Waals surface area contributed by atoms with E-state index in [1.54, 1.807) is 11.3 Å². The molecule has 5 aromatic heterocycles. The van der Waals surface area contributed by atoms with Gasteiger partial charge >= 0.3 is 0 Å². The molecule has 5 heterocycles. The second kappa shape index (κ2) is 12.9. The smallest absolute Gasteiger partial charge is 0.238 e. The minimum absolute atomic E-state index is 0.584. The zero-order valence-corrected chi connectivity index (χ0v) is 34.6. The first-order valence-electron chi connectivity index (χ1n) is 20.8. The molecule has 0 spiro atoms. The molecule has 14 rings (SSSR count). The van der Waals surface area contributed by atoms with Crippen LogP contribution in [-0.4, -0.2) is 24.1 Å². The predicted molar refractivity (Wildman–Crippen MR) is 263 cm³/mol. The Hall–Kier alpha value is -7.71. The van der Waals surface area contributed by atoms with E-state index in [2.05, 4.69) is 197 Å². The molecule has 5 nitrogen and oxygen atoms in total. The van der Waals surface area contributed by atoms with Crippen LogP contribution in [0.3, 0.4) is 0 Å². The summed E-state index contributed by atoms with van der Waals surface area (Å²) in [6, 6.07) is 67.8. The van der Waals surface area contributed by atoms with Crippen molar-refractivity contribution in [2.75, 3.05) is 0 Å². The molecule has 0 saturated carbocycles. The molecule has 14 aromatic rings. The standard InChI is InChI=1S/C55H31N5S2/c1-2-15-33-29-46-41(28-32(33)14-1)37-18-5-8-22-43(37)59(46)34-30-42(52-39-20-7-12-26-48(39)62-50(52)31-34)54-56-53(40-21-13-27-49-51(40)38-19-6-11-25-47(38)61-49)57-55(58-54)60-44-23-9-3-16-35(44)36-17-4-10-24-45(36)60/h1-31H. The lowest BCUT2D eigenvalue weighted by Crippen LogP contribution is -2.07. The number of fused-ring (bicyclic) bond motifs is 13. The SMILES string of the molecule is c1ccc2cc3c(cc2c1)c1ccccc1n3-c1cc(-c2nc(-c3cccc4sc5ccccc5c34)nc(-n3c4ccccc4c4ccccc43)n2)c2c(c1)sc1ccccc12. The normalized spacial score (nSPS) is 12.2. The van der Waals surface area contributed by atoms with Gasteiger partial charge in [0.1, 0.15) is 0 Å². The van der Waals surface area contributed by atoms with Crippen LogP contribution >= 0.6 is 22.7 Å². The van der Waals surface area contributed by atoms with Gasteiger partial charge in [-0.3, -0.25) is 4.57 Å². The van der Waals surface area contributed by atoms with Crippen LogP contribution < -0.4 is 0 Å². The average molecular weight is 826 g/mol. The molecule has 0 N–H and O–H groups in total. The first-order valence-corrected chi connectivity index (χ1v) is 22.4. The number of thiophene rings is 2. The largest absolute Gasteiger partial charge is 0.309 e. The van der Waals surface area contributed by atoms with Crippen molar-refractivity contribution in [1.82, 2.24) is 24.1 Å². The predicted octanol–water partition coefficient (Wildman–Crippen LogP) is 15.3. The highest BCUT2D eigenvalue weighted by Crippen LogP contribution is 2.45. The maximum Gasteiger partial charge on any atom is 0.238 e. The van der Waals surface area contributed by atoms with Crippen molar-refractivity contribution >= 4 is 117 Å². The third kappa shape index (κ3) is 4.86. The Labute approximate surface area is 362 Å².